The van der Waals surface area contributed by atoms with E-state index in [1.54, 1.807) is 23.9 Å². The van der Waals surface area contributed by atoms with E-state index in [-0.39, 0.29) is 10.5 Å². The molecule has 0 bridgehead atoms. The molecule has 1 rings (SSSR count). The van der Waals surface area contributed by atoms with E-state index in [1.807, 2.05) is 32.2 Å². The number of hydrogen-bond donors (Lipinski definition) is 2. The highest BCUT2D eigenvalue weighted by molar-refractivity contribution is 8.00. The van der Waals surface area contributed by atoms with Crippen LogP contribution in [-0.2, 0) is 22.3 Å². The first kappa shape index (κ1) is 16.5. The van der Waals surface area contributed by atoms with Crippen LogP contribution in [0.3, 0.4) is 0 Å². The smallest absolute Gasteiger partial charge is 0.215 e. The van der Waals surface area contributed by atoms with Crippen LogP contribution < -0.4 is 10.5 Å². The van der Waals surface area contributed by atoms with Gasteiger partial charge in [0.2, 0.25) is 10.0 Å². The summed E-state index contributed by atoms with van der Waals surface area (Å²) in [6, 6.07) is 7.33. The Bertz CT molecular complexity index is 496. The van der Waals surface area contributed by atoms with E-state index < -0.39 is 10.0 Å². The Morgan fingerprint density at radius 3 is 2.21 bits per heavy atom. The van der Waals surface area contributed by atoms with Gasteiger partial charge in [-0.3, -0.25) is 0 Å². The largest absolute Gasteiger partial charge is 0.326 e. The zero-order chi connectivity index (χ0) is 14.5. The molecule has 4 nitrogen and oxygen atoms in total. The minimum absolute atomic E-state index is 0.00229. The van der Waals surface area contributed by atoms with Crippen molar-refractivity contribution in [2.24, 2.45) is 5.73 Å². The molecule has 0 saturated heterocycles. The second-order valence-corrected chi connectivity index (χ2v) is 8.38. The molecule has 3 N–H and O–H groups in total. The molecular formula is C13H22N2O2S2. The van der Waals surface area contributed by atoms with Gasteiger partial charge in [-0.05, 0) is 31.2 Å². The molecule has 1 aromatic carbocycles. The van der Waals surface area contributed by atoms with Crippen LogP contribution in [-0.4, -0.2) is 26.0 Å². The van der Waals surface area contributed by atoms with Crippen molar-refractivity contribution >= 4 is 21.8 Å². The molecule has 1 aromatic rings. The Labute approximate surface area is 120 Å². The van der Waals surface area contributed by atoms with Crippen LogP contribution in [0.4, 0.5) is 0 Å². The zero-order valence-electron chi connectivity index (χ0n) is 11.6. The Morgan fingerprint density at radius 2 is 1.74 bits per heavy atom. The molecule has 19 heavy (non-hydrogen) atoms. The molecular weight excluding hydrogens is 280 g/mol. The van der Waals surface area contributed by atoms with Gasteiger partial charge in [0.25, 0.3) is 0 Å². The van der Waals surface area contributed by atoms with E-state index in [4.69, 9.17) is 5.73 Å². The topological polar surface area (TPSA) is 72.2 Å². The number of nitrogens with one attached hydrogen (secondary N) is 1. The van der Waals surface area contributed by atoms with Crippen molar-refractivity contribution in [3.8, 4) is 0 Å². The SMILES string of the molecule is CSC(C)(C)CNS(=O)(=O)Cc1ccc(CN)cc1. The van der Waals surface area contributed by atoms with E-state index in [2.05, 4.69) is 4.72 Å². The van der Waals surface area contributed by atoms with E-state index in [9.17, 15) is 8.42 Å². The minimum atomic E-state index is -3.29. The molecule has 108 valence electrons. The first-order valence-electron chi connectivity index (χ1n) is 6.08. The Balaban J connectivity index is 2.63. The van der Waals surface area contributed by atoms with E-state index in [0.29, 0.717) is 13.1 Å². The molecule has 0 aliphatic heterocycles. The first-order valence-corrected chi connectivity index (χ1v) is 8.96. The lowest BCUT2D eigenvalue weighted by Gasteiger charge is -2.22. The standard InChI is InChI=1S/C13H22N2O2S2/c1-13(2,18-3)10-15-19(16,17)9-12-6-4-11(8-14)5-7-12/h4-7,15H,8-10,14H2,1-3H3. The molecule has 0 fully saturated rings. The van der Waals surface area contributed by atoms with Crippen LogP contribution in [0.2, 0.25) is 0 Å². The molecule has 0 saturated carbocycles. The lowest BCUT2D eigenvalue weighted by molar-refractivity contribution is 0.570. The predicted molar refractivity (Wildman–Crippen MR) is 82.6 cm³/mol. The maximum atomic E-state index is 12.0. The van der Waals surface area contributed by atoms with Crippen LogP contribution in [0.15, 0.2) is 24.3 Å². The van der Waals surface area contributed by atoms with Gasteiger partial charge in [-0.15, -0.1) is 0 Å². The normalized spacial score (nSPS) is 12.6. The molecule has 0 unspecified atom stereocenters. The Kier molecular flexibility index (Phi) is 5.85. The summed E-state index contributed by atoms with van der Waals surface area (Å²) in [4.78, 5) is 0. The summed E-state index contributed by atoms with van der Waals surface area (Å²) in [5.74, 6) is 0.00229. The van der Waals surface area contributed by atoms with Gasteiger partial charge in [0.1, 0.15) is 0 Å². The highest BCUT2D eigenvalue weighted by Gasteiger charge is 2.20. The van der Waals surface area contributed by atoms with Crippen molar-refractivity contribution in [3.05, 3.63) is 35.4 Å². The van der Waals surface area contributed by atoms with E-state index >= 15 is 0 Å². The summed E-state index contributed by atoms with van der Waals surface area (Å²) < 4.78 is 26.5. The zero-order valence-corrected chi connectivity index (χ0v) is 13.3. The average molecular weight is 302 g/mol. The van der Waals surface area contributed by atoms with Crippen molar-refractivity contribution in [2.75, 3.05) is 12.8 Å². The number of benzene rings is 1. The minimum Gasteiger partial charge on any atom is -0.326 e. The number of nitrogens with two attached hydrogens (primary N) is 1. The van der Waals surface area contributed by atoms with Crippen LogP contribution in [0.25, 0.3) is 0 Å². The van der Waals surface area contributed by atoms with Gasteiger partial charge < -0.3 is 5.73 Å². The van der Waals surface area contributed by atoms with Gasteiger partial charge in [0.15, 0.2) is 0 Å². The lowest BCUT2D eigenvalue weighted by atomic mass is 10.1. The maximum Gasteiger partial charge on any atom is 0.215 e. The van der Waals surface area contributed by atoms with Crippen molar-refractivity contribution in [1.82, 2.24) is 4.72 Å². The molecule has 0 amide bonds. The molecule has 6 heteroatoms. The molecule has 0 radical (unpaired) electrons. The fraction of sp³-hybridized carbons (Fsp3) is 0.538. The fourth-order valence-electron chi connectivity index (χ4n) is 1.40. The Hall–Kier alpha value is -0.560. The van der Waals surface area contributed by atoms with Crippen molar-refractivity contribution in [3.63, 3.8) is 0 Å². The molecule has 0 aliphatic carbocycles. The summed E-state index contributed by atoms with van der Waals surface area (Å²) >= 11 is 1.64. The lowest BCUT2D eigenvalue weighted by Crippen LogP contribution is -2.36. The number of thioether (sulfide) groups is 1. The average Bonchev–Trinajstić information content (AvgIpc) is 2.37. The van der Waals surface area contributed by atoms with Crippen molar-refractivity contribution in [2.45, 2.75) is 30.9 Å². The third-order valence-electron chi connectivity index (χ3n) is 2.89. The molecule has 0 aromatic heterocycles. The van der Waals surface area contributed by atoms with Crippen LogP contribution in [0.5, 0.6) is 0 Å². The van der Waals surface area contributed by atoms with Gasteiger partial charge in [-0.25, -0.2) is 13.1 Å². The predicted octanol–water partition coefficient (Wildman–Crippen LogP) is 1.71. The molecule has 0 aliphatic rings. The second kappa shape index (κ2) is 6.74. The number of hydrogen-bond acceptors (Lipinski definition) is 4. The third kappa shape index (κ3) is 5.95. The first-order chi connectivity index (χ1) is 8.78. The number of sulfonamides is 1. The second-order valence-electron chi connectivity index (χ2n) is 5.06. The van der Waals surface area contributed by atoms with Crippen molar-refractivity contribution in [1.29, 1.82) is 0 Å². The quantitative estimate of drug-likeness (QED) is 0.804. The summed E-state index contributed by atoms with van der Waals surface area (Å²) in [5, 5.41) is 0. The van der Waals surface area contributed by atoms with Crippen LogP contribution >= 0.6 is 11.8 Å². The van der Waals surface area contributed by atoms with Gasteiger partial charge in [-0.1, -0.05) is 24.3 Å². The van der Waals surface area contributed by atoms with E-state index in [1.165, 1.54) is 0 Å². The summed E-state index contributed by atoms with van der Waals surface area (Å²) in [6.07, 6.45) is 1.97. The highest BCUT2D eigenvalue weighted by Crippen LogP contribution is 2.20. The maximum absolute atomic E-state index is 12.0. The van der Waals surface area contributed by atoms with Gasteiger partial charge in [0.05, 0.1) is 5.75 Å². The van der Waals surface area contributed by atoms with Gasteiger partial charge in [0, 0.05) is 17.8 Å². The summed E-state index contributed by atoms with van der Waals surface area (Å²) in [6.45, 7) is 4.91. The molecule has 0 atom stereocenters. The molecule has 0 spiro atoms. The monoisotopic (exact) mass is 302 g/mol. The summed E-state index contributed by atoms with van der Waals surface area (Å²) in [7, 11) is -3.29. The fourth-order valence-corrected chi connectivity index (χ4v) is 3.02. The number of rotatable bonds is 7. The molecule has 0 heterocycles. The Morgan fingerprint density at radius 1 is 1.21 bits per heavy atom. The van der Waals surface area contributed by atoms with Crippen LogP contribution in [0, 0.1) is 0 Å². The van der Waals surface area contributed by atoms with E-state index in [0.717, 1.165) is 11.1 Å². The summed E-state index contributed by atoms with van der Waals surface area (Å²) in [5.41, 5.74) is 7.27. The van der Waals surface area contributed by atoms with Gasteiger partial charge in [-0.2, -0.15) is 11.8 Å². The highest BCUT2D eigenvalue weighted by atomic mass is 32.2. The van der Waals surface area contributed by atoms with Gasteiger partial charge >= 0.3 is 0 Å². The van der Waals surface area contributed by atoms with Crippen LogP contribution in [0.1, 0.15) is 25.0 Å². The third-order valence-corrected chi connectivity index (χ3v) is 5.43. The van der Waals surface area contributed by atoms with Crippen molar-refractivity contribution < 1.29 is 8.42 Å².